The number of ketones is 1. The number of anilines is 1. The highest BCUT2D eigenvalue weighted by Crippen LogP contribution is 2.26. The fourth-order valence-corrected chi connectivity index (χ4v) is 1.74. The van der Waals surface area contributed by atoms with E-state index in [1.54, 1.807) is 0 Å². The van der Waals surface area contributed by atoms with Crippen molar-refractivity contribution in [2.24, 2.45) is 0 Å². The molecule has 0 unspecified atom stereocenters. The lowest BCUT2D eigenvalue weighted by molar-refractivity contribution is 0.103. The molecule has 2 N–H and O–H groups in total. The largest absolute Gasteiger partial charge is 0.496 e. The van der Waals surface area contributed by atoms with Crippen molar-refractivity contribution in [2.45, 2.75) is 0 Å². The predicted octanol–water partition coefficient (Wildman–Crippen LogP) is 2.79. The standard InChI is InChI=1S/C14H11F2NO2/c1-19-12-6-5-8(15)7-10(12)14(18)9-3-2-4-11(16)13(9)17/h2-7H,17H2,1H3. The van der Waals surface area contributed by atoms with Crippen LogP contribution in [0.3, 0.4) is 0 Å². The van der Waals surface area contributed by atoms with Crippen LogP contribution >= 0.6 is 0 Å². The molecule has 0 saturated carbocycles. The lowest BCUT2D eigenvalue weighted by atomic mass is 10.0. The molecular weight excluding hydrogens is 252 g/mol. The van der Waals surface area contributed by atoms with Gasteiger partial charge >= 0.3 is 0 Å². The summed E-state index contributed by atoms with van der Waals surface area (Å²) in [7, 11) is 1.36. The zero-order chi connectivity index (χ0) is 14.0. The molecule has 98 valence electrons. The molecule has 0 radical (unpaired) electrons. The van der Waals surface area contributed by atoms with E-state index in [1.807, 2.05) is 0 Å². The van der Waals surface area contributed by atoms with Crippen molar-refractivity contribution in [1.82, 2.24) is 0 Å². The SMILES string of the molecule is COc1ccc(F)cc1C(=O)c1cccc(F)c1N. The first kappa shape index (κ1) is 13.0. The topological polar surface area (TPSA) is 52.3 Å². The minimum absolute atomic E-state index is 0.000185. The molecule has 3 nitrogen and oxygen atoms in total. The number of rotatable bonds is 3. The fraction of sp³-hybridized carbons (Fsp3) is 0.0714. The zero-order valence-corrected chi connectivity index (χ0v) is 10.1. The van der Waals surface area contributed by atoms with Crippen LogP contribution in [0, 0.1) is 11.6 Å². The van der Waals surface area contributed by atoms with Crippen LogP contribution in [0.2, 0.25) is 0 Å². The Balaban J connectivity index is 2.56. The second kappa shape index (κ2) is 5.06. The average Bonchev–Trinajstić information content (AvgIpc) is 2.41. The van der Waals surface area contributed by atoms with Gasteiger partial charge in [-0.3, -0.25) is 4.79 Å². The number of benzene rings is 2. The molecule has 0 bridgehead atoms. The molecule has 0 heterocycles. The van der Waals surface area contributed by atoms with Crippen LogP contribution in [-0.2, 0) is 0 Å². The number of nitrogen functional groups attached to an aromatic ring is 1. The Labute approximate surface area is 108 Å². The molecule has 2 aromatic carbocycles. The fourth-order valence-electron chi connectivity index (χ4n) is 1.74. The van der Waals surface area contributed by atoms with E-state index in [1.165, 1.54) is 31.4 Å². The van der Waals surface area contributed by atoms with Crippen LogP contribution in [0.4, 0.5) is 14.5 Å². The van der Waals surface area contributed by atoms with Gasteiger partial charge < -0.3 is 10.5 Å². The highest BCUT2D eigenvalue weighted by atomic mass is 19.1. The molecule has 0 aromatic heterocycles. The molecular formula is C14H11F2NO2. The molecule has 0 fully saturated rings. The van der Waals surface area contributed by atoms with E-state index >= 15 is 0 Å². The monoisotopic (exact) mass is 263 g/mol. The van der Waals surface area contributed by atoms with Crippen molar-refractivity contribution in [1.29, 1.82) is 0 Å². The molecule has 0 aliphatic heterocycles. The summed E-state index contributed by atoms with van der Waals surface area (Å²) in [6, 6.07) is 7.43. The summed E-state index contributed by atoms with van der Waals surface area (Å²) < 4.78 is 31.6. The molecule has 5 heteroatoms. The first-order valence-electron chi connectivity index (χ1n) is 5.47. The molecule has 0 atom stereocenters. The van der Waals surface area contributed by atoms with Crippen molar-refractivity contribution in [3.05, 3.63) is 59.2 Å². The maximum Gasteiger partial charge on any atom is 0.199 e. The van der Waals surface area contributed by atoms with E-state index in [-0.39, 0.29) is 22.6 Å². The number of para-hydroxylation sites is 1. The van der Waals surface area contributed by atoms with E-state index in [4.69, 9.17) is 10.5 Å². The number of nitrogens with two attached hydrogens (primary N) is 1. The number of methoxy groups -OCH3 is 1. The van der Waals surface area contributed by atoms with Crippen molar-refractivity contribution in [3.63, 3.8) is 0 Å². The van der Waals surface area contributed by atoms with Gasteiger partial charge in [0.15, 0.2) is 5.78 Å². The van der Waals surface area contributed by atoms with Crippen LogP contribution in [0.25, 0.3) is 0 Å². The molecule has 0 amide bonds. The third kappa shape index (κ3) is 2.40. The molecule has 0 aliphatic carbocycles. The predicted molar refractivity (Wildman–Crippen MR) is 67.2 cm³/mol. The van der Waals surface area contributed by atoms with Crippen molar-refractivity contribution in [2.75, 3.05) is 12.8 Å². The molecule has 0 aliphatic rings. The highest BCUT2D eigenvalue weighted by molar-refractivity contribution is 6.13. The lowest BCUT2D eigenvalue weighted by Crippen LogP contribution is -2.08. The zero-order valence-electron chi connectivity index (χ0n) is 10.1. The van der Waals surface area contributed by atoms with Crippen molar-refractivity contribution >= 4 is 11.5 Å². The maximum atomic E-state index is 13.3. The quantitative estimate of drug-likeness (QED) is 0.684. The second-order valence-electron chi connectivity index (χ2n) is 3.87. The second-order valence-corrected chi connectivity index (χ2v) is 3.87. The number of hydrogen-bond donors (Lipinski definition) is 1. The summed E-state index contributed by atoms with van der Waals surface area (Å²) in [5.41, 5.74) is 5.23. The number of halogens is 2. The van der Waals surface area contributed by atoms with Gasteiger partial charge in [-0.1, -0.05) is 6.07 Å². The Bertz CT molecular complexity index is 641. The third-order valence-corrected chi connectivity index (χ3v) is 2.70. The first-order valence-corrected chi connectivity index (χ1v) is 5.47. The number of carbonyl (C=O) groups excluding carboxylic acids is 1. The Morgan fingerprint density at radius 2 is 1.89 bits per heavy atom. The molecule has 0 spiro atoms. The summed E-state index contributed by atoms with van der Waals surface area (Å²) in [6.07, 6.45) is 0. The van der Waals surface area contributed by atoms with Gasteiger partial charge in [-0.25, -0.2) is 8.78 Å². The smallest absolute Gasteiger partial charge is 0.199 e. The average molecular weight is 263 g/mol. The van der Waals surface area contributed by atoms with Gasteiger partial charge in [0.1, 0.15) is 17.4 Å². The van der Waals surface area contributed by atoms with Gasteiger partial charge in [0.25, 0.3) is 0 Å². The summed E-state index contributed by atoms with van der Waals surface area (Å²) in [5, 5.41) is 0. The number of ether oxygens (including phenoxy) is 1. The van der Waals surface area contributed by atoms with Crippen LogP contribution in [0.15, 0.2) is 36.4 Å². The first-order chi connectivity index (χ1) is 9.04. The van der Waals surface area contributed by atoms with Gasteiger partial charge in [0.2, 0.25) is 0 Å². The molecule has 0 saturated heterocycles. The Morgan fingerprint density at radius 1 is 1.16 bits per heavy atom. The Hall–Kier alpha value is -2.43. The van der Waals surface area contributed by atoms with E-state index in [0.29, 0.717) is 0 Å². The van der Waals surface area contributed by atoms with Gasteiger partial charge in [-0.05, 0) is 30.3 Å². The third-order valence-electron chi connectivity index (χ3n) is 2.70. The molecule has 19 heavy (non-hydrogen) atoms. The Kier molecular flexibility index (Phi) is 3.46. The van der Waals surface area contributed by atoms with E-state index in [9.17, 15) is 13.6 Å². The Morgan fingerprint density at radius 3 is 2.58 bits per heavy atom. The van der Waals surface area contributed by atoms with Gasteiger partial charge in [-0.2, -0.15) is 0 Å². The van der Waals surface area contributed by atoms with Gasteiger partial charge in [-0.15, -0.1) is 0 Å². The van der Waals surface area contributed by atoms with Crippen LogP contribution in [0.5, 0.6) is 5.75 Å². The van der Waals surface area contributed by atoms with E-state index in [2.05, 4.69) is 0 Å². The number of hydrogen-bond acceptors (Lipinski definition) is 3. The highest BCUT2D eigenvalue weighted by Gasteiger charge is 2.19. The van der Waals surface area contributed by atoms with Gasteiger partial charge in [0, 0.05) is 5.56 Å². The lowest BCUT2D eigenvalue weighted by Gasteiger charge is -2.09. The van der Waals surface area contributed by atoms with E-state index in [0.717, 1.165) is 12.1 Å². The van der Waals surface area contributed by atoms with Crippen LogP contribution in [0.1, 0.15) is 15.9 Å². The van der Waals surface area contributed by atoms with E-state index < -0.39 is 17.4 Å². The molecule has 2 aromatic rings. The number of carbonyl (C=O) groups is 1. The summed E-state index contributed by atoms with van der Waals surface area (Å²) >= 11 is 0. The minimum atomic E-state index is -0.693. The van der Waals surface area contributed by atoms with Crippen molar-refractivity contribution in [3.8, 4) is 5.75 Å². The van der Waals surface area contributed by atoms with Gasteiger partial charge in [0.05, 0.1) is 18.4 Å². The summed E-state index contributed by atoms with van der Waals surface area (Å²) in [6.45, 7) is 0. The van der Waals surface area contributed by atoms with Crippen LogP contribution < -0.4 is 10.5 Å². The molecule has 2 rings (SSSR count). The normalized spacial score (nSPS) is 10.3. The maximum absolute atomic E-state index is 13.3. The van der Waals surface area contributed by atoms with Crippen LogP contribution in [-0.4, -0.2) is 12.9 Å². The van der Waals surface area contributed by atoms with Crippen molar-refractivity contribution < 1.29 is 18.3 Å². The summed E-state index contributed by atoms with van der Waals surface area (Å²) in [5.74, 6) is -1.66. The minimum Gasteiger partial charge on any atom is -0.496 e. The summed E-state index contributed by atoms with van der Waals surface area (Å²) in [4.78, 5) is 12.3.